The molecule has 0 fully saturated rings. The van der Waals surface area contributed by atoms with Crippen LogP contribution in [0.3, 0.4) is 0 Å². The van der Waals surface area contributed by atoms with Crippen LogP contribution in [0.1, 0.15) is 27.3 Å². The van der Waals surface area contributed by atoms with E-state index in [9.17, 15) is 4.79 Å². The molecule has 6 heteroatoms. The summed E-state index contributed by atoms with van der Waals surface area (Å²) in [6, 6.07) is 13.6. The van der Waals surface area contributed by atoms with Crippen molar-refractivity contribution >= 4 is 11.6 Å². The molecule has 2 aromatic heterocycles. The van der Waals surface area contributed by atoms with E-state index >= 15 is 0 Å². The maximum atomic E-state index is 13.0. The van der Waals surface area contributed by atoms with Crippen LogP contribution < -0.4 is 10.1 Å². The number of ether oxygens (including phenoxy) is 2. The van der Waals surface area contributed by atoms with Crippen LogP contribution >= 0.6 is 0 Å². The van der Waals surface area contributed by atoms with Gasteiger partial charge in [0.15, 0.2) is 0 Å². The number of pyridine rings is 1. The number of hydrogen-bond acceptors (Lipinski definition) is 4. The van der Waals surface area contributed by atoms with Gasteiger partial charge < -0.3 is 19.4 Å². The maximum absolute atomic E-state index is 13.0. The summed E-state index contributed by atoms with van der Waals surface area (Å²) in [5, 5.41) is 2.92. The molecule has 0 atom stereocenters. The number of amides is 1. The van der Waals surface area contributed by atoms with E-state index in [0.29, 0.717) is 30.3 Å². The molecule has 146 valence electrons. The van der Waals surface area contributed by atoms with Crippen molar-refractivity contribution in [2.75, 3.05) is 25.6 Å². The molecule has 0 bridgehead atoms. The molecule has 0 spiro atoms. The van der Waals surface area contributed by atoms with E-state index in [1.165, 1.54) is 0 Å². The van der Waals surface area contributed by atoms with Crippen molar-refractivity contribution in [1.29, 1.82) is 0 Å². The molecule has 0 saturated carbocycles. The van der Waals surface area contributed by atoms with E-state index in [1.807, 2.05) is 32.0 Å². The van der Waals surface area contributed by atoms with Crippen LogP contribution in [0.25, 0.3) is 5.69 Å². The minimum absolute atomic E-state index is 0.197. The maximum Gasteiger partial charge on any atom is 0.257 e. The van der Waals surface area contributed by atoms with Crippen LogP contribution in [0.5, 0.6) is 5.88 Å². The molecule has 0 unspecified atom stereocenters. The molecule has 28 heavy (non-hydrogen) atoms. The highest BCUT2D eigenvalue weighted by molar-refractivity contribution is 6.06. The zero-order valence-electron chi connectivity index (χ0n) is 16.7. The summed E-state index contributed by atoms with van der Waals surface area (Å²) < 4.78 is 12.7. The molecular formula is C22H25N3O3. The van der Waals surface area contributed by atoms with Crippen molar-refractivity contribution in [3.05, 3.63) is 71.2 Å². The number of aryl methyl sites for hydroxylation is 2. The molecule has 0 radical (unpaired) electrons. The topological polar surface area (TPSA) is 65.4 Å². The molecule has 1 N–H and O–H groups in total. The number of rotatable bonds is 7. The lowest BCUT2D eigenvalue weighted by Crippen LogP contribution is -2.15. The monoisotopic (exact) mass is 379 g/mol. The lowest BCUT2D eigenvalue weighted by Gasteiger charge is -2.13. The van der Waals surface area contributed by atoms with Crippen molar-refractivity contribution in [1.82, 2.24) is 9.55 Å². The Bertz CT molecular complexity index is 979. The van der Waals surface area contributed by atoms with Gasteiger partial charge in [0.1, 0.15) is 12.3 Å². The average molecular weight is 379 g/mol. The smallest absolute Gasteiger partial charge is 0.257 e. The van der Waals surface area contributed by atoms with Crippen LogP contribution in [-0.4, -0.2) is 35.8 Å². The van der Waals surface area contributed by atoms with Crippen molar-refractivity contribution in [3.63, 3.8) is 0 Å². The molecule has 2 heterocycles. The van der Waals surface area contributed by atoms with Gasteiger partial charge in [0, 0.05) is 30.4 Å². The van der Waals surface area contributed by atoms with Crippen LogP contribution in [0.2, 0.25) is 0 Å². The summed E-state index contributed by atoms with van der Waals surface area (Å²) in [5.74, 6) is 0.179. The molecule has 6 nitrogen and oxygen atoms in total. The number of hydrogen-bond donors (Lipinski definition) is 1. The van der Waals surface area contributed by atoms with Crippen LogP contribution in [0.15, 0.2) is 48.7 Å². The number of methoxy groups -OCH3 is 1. The van der Waals surface area contributed by atoms with Crippen LogP contribution in [-0.2, 0) is 4.74 Å². The first kappa shape index (κ1) is 19.6. The van der Waals surface area contributed by atoms with Gasteiger partial charge in [0.05, 0.1) is 12.2 Å². The van der Waals surface area contributed by atoms with Gasteiger partial charge >= 0.3 is 0 Å². The van der Waals surface area contributed by atoms with Crippen LogP contribution in [0.4, 0.5) is 5.69 Å². The summed E-state index contributed by atoms with van der Waals surface area (Å²) in [7, 11) is 1.61. The summed E-state index contributed by atoms with van der Waals surface area (Å²) in [5.41, 5.74) is 5.25. The summed E-state index contributed by atoms with van der Waals surface area (Å²) in [6.07, 6.45) is 1.63. The number of benzene rings is 1. The Kier molecular flexibility index (Phi) is 6.11. The number of nitrogens with zero attached hydrogens (tertiary/aromatic N) is 2. The largest absolute Gasteiger partial charge is 0.474 e. The minimum Gasteiger partial charge on any atom is -0.474 e. The first-order valence-corrected chi connectivity index (χ1v) is 9.16. The quantitative estimate of drug-likeness (QED) is 0.629. The normalized spacial score (nSPS) is 10.7. The Balaban J connectivity index is 1.87. The van der Waals surface area contributed by atoms with Gasteiger partial charge in [-0.3, -0.25) is 4.79 Å². The van der Waals surface area contributed by atoms with Crippen molar-refractivity contribution < 1.29 is 14.3 Å². The van der Waals surface area contributed by atoms with E-state index < -0.39 is 0 Å². The Labute approximate surface area is 165 Å². The molecule has 0 saturated heterocycles. The number of aromatic nitrogens is 2. The first-order valence-electron chi connectivity index (χ1n) is 9.16. The SMILES string of the molecule is COCCOc1ncccc1NC(=O)c1cc(C)n(-c2ccccc2C)c1C. The third-order valence-corrected chi connectivity index (χ3v) is 4.58. The molecule has 1 aromatic carbocycles. The fraction of sp³-hybridized carbons (Fsp3) is 0.273. The van der Waals surface area contributed by atoms with Crippen molar-refractivity contribution in [2.45, 2.75) is 20.8 Å². The highest BCUT2D eigenvalue weighted by atomic mass is 16.5. The van der Waals surface area contributed by atoms with E-state index in [2.05, 4.69) is 33.9 Å². The average Bonchev–Trinajstić information content (AvgIpc) is 2.98. The van der Waals surface area contributed by atoms with Crippen molar-refractivity contribution in [2.24, 2.45) is 0 Å². The second kappa shape index (κ2) is 8.71. The van der Waals surface area contributed by atoms with Crippen molar-refractivity contribution in [3.8, 4) is 11.6 Å². The van der Waals surface area contributed by atoms with Gasteiger partial charge in [-0.2, -0.15) is 0 Å². The molecule has 0 aliphatic heterocycles. The highest BCUT2D eigenvalue weighted by Crippen LogP contribution is 2.26. The fourth-order valence-electron chi connectivity index (χ4n) is 3.19. The number of carbonyl (C=O) groups is 1. The predicted octanol–water partition coefficient (Wildman–Crippen LogP) is 4.08. The van der Waals surface area contributed by atoms with Gasteiger partial charge in [0.2, 0.25) is 5.88 Å². The van der Waals surface area contributed by atoms with Gasteiger partial charge in [0.25, 0.3) is 5.91 Å². The lowest BCUT2D eigenvalue weighted by atomic mass is 10.2. The molecule has 3 rings (SSSR count). The molecular weight excluding hydrogens is 354 g/mol. The van der Waals surface area contributed by atoms with E-state index in [-0.39, 0.29) is 5.91 Å². The fourth-order valence-corrected chi connectivity index (χ4v) is 3.19. The summed E-state index contributed by atoms with van der Waals surface area (Å²) in [4.78, 5) is 17.2. The molecule has 1 amide bonds. The zero-order chi connectivity index (χ0) is 20.1. The predicted molar refractivity (Wildman–Crippen MR) is 110 cm³/mol. The third-order valence-electron chi connectivity index (χ3n) is 4.58. The highest BCUT2D eigenvalue weighted by Gasteiger charge is 2.19. The number of nitrogens with one attached hydrogen (secondary N) is 1. The summed E-state index contributed by atoms with van der Waals surface area (Å²) in [6.45, 7) is 6.82. The second-order valence-corrected chi connectivity index (χ2v) is 6.56. The second-order valence-electron chi connectivity index (χ2n) is 6.56. The van der Waals surface area contributed by atoms with Gasteiger partial charge in [-0.05, 0) is 50.6 Å². The Morgan fingerprint density at radius 1 is 1.11 bits per heavy atom. The summed E-state index contributed by atoms with van der Waals surface area (Å²) >= 11 is 0. The number of carbonyl (C=O) groups excluding carboxylic acids is 1. The molecule has 0 aliphatic carbocycles. The Morgan fingerprint density at radius 3 is 2.64 bits per heavy atom. The zero-order valence-corrected chi connectivity index (χ0v) is 16.7. The van der Waals surface area contributed by atoms with Crippen LogP contribution in [0, 0.1) is 20.8 Å². The van der Waals surface area contributed by atoms with Gasteiger partial charge in [-0.25, -0.2) is 4.98 Å². The minimum atomic E-state index is -0.197. The third kappa shape index (κ3) is 4.07. The molecule has 3 aromatic rings. The number of anilines is 1. The lowest BCUT2D eigenvalue weighted by molar-refractivity contribution is 0.102. The van der Waals surface area contributed by atoms with Gasteiger partial charge in [-0.15, -0.1) is 0 Å². The number of para-hydroxylation sites is 1. The molecule has 0 aliphatic rings. The van der Waals surface area contributed by atoms with E-state index in [1.54, 1.807) is 25.4 Å². The Hall–Kier alpha value is -3.12. The van der Waals surface area contributed by atoms with E-state index in [4.69, 9.17) is 9.47 Å². The first-order chi connectivity index (χ1) is 13.5. The van der Waals surface area contributed by atoms with E-state index in [0.717, 1.165) is 22.6 Å². The standard InChI is InChI=1S/C22H25N3O3/c1-15-8-5-6-10-20(15)25-16(2)14-18(17(25)3)21(26)24-19-9-7-11-23-22(19)28-13-12-27-4/h5-11,14H,12-13H2,1-4H3,(H,24,26). The van der Waals surface area contributed by atoms with Gasteiger partial charge in [-0.1, -0.05) is 18.2 Å². The Morgan fingerprint density at radius 2 is 1.89 bits per heavy atom.